The zero-order chi connectivity index (χ0) is 16.7. The van der Waals surface area contributed by atoms with Crippen molar-refractivity contribution in [1.29, 1.82) is 0 Å². The fraction of sp³-hybridized carbons (Fsp3) is 0.833. The molecule has 0 aromatic carbocycles. The highest BCUT2D eigenvalue weighted by Gasteiger charge is 2.24. The number of aromatic amines is 1. The summed E-state index contributed by atoms with van der Waals surface area (Å²) in [5.74, 6) is 1.43. The highest BCUT2D eigenvalue weighted by atomic mass is 16.3. The molecule has 5 heteroatoms. The molecule has 5 N–H and O–H groups in total. The molecule has 2 heterocycles. The number of hydrogen-bond donors (Lipinski definition) is 4. The van der Waals surface area contributed by atoms with Crippen LogP contribution in [0.15, 0.2) is 6.20 Å². The molecule has 2 atom stereocenters. The molecule has 1 aliphatic heterocycles. The third-order valence-corrected chi connectivity index (χ3v) is 5.05. The Morgan fingerprint density at radius 1 is 1.22 bits per heavy atom. The summed E-state index contributed by atoms with van der Waals surface area (Å²) in [4.78, 5) is 7.95. The Labute approximate surface area is 140 Å². The number of aliphatic hydroxyl groups excluding tert-OH is 1. The van der Waals surface area contributed by atoms with E-state index in [-0.39, 0.29) is 12.1 Å². The van der Waals surface area contributed by atoms with Crippen molar-refractivity contribution < 1.29 is 5.11 Å². The van der Waals surface area contributed by atoms with Crippen molar-refractivity contribution in [2.24, 2.45) is 5.73 Å². The maximum atomic E-state index is 9.60. The molecule has 1 saturated carbocycles. The second kappa shape index (κ2) is 9.40. The SMILES string of the molecule is CC.N[C@@H](CC1CCCCN1)c1ncc(C2CCC(O)CC2)[nH]1. The van der Waals surface area contributed by atoms with Gasteiger partial charge in [0.2, 0.25) is 0 Å². The van der Waals surface area contributed by atoms with Crippen LogP contribution >= 0.6 is 0 Å². The molecule has 5 nitrogen and oxygen atoms in total. The zero-order valence-electron chi connectivity index (χ0n) is 14.7. The molecule has 2 fully saturated rings. The van der Waals surface area contributed by atoms with Crippen LogP contribution in [0.1, 0.15) is 88.7 Å². The molecule has 2 aliphatic rings. The van der Waals surface area contributed by atoms with Crippen LogP contribution in [0.5, 0.6) is 0 Å². The van der Waals surface area contributed by atoms with Gasteiger partial charge in [0.25, 0.3) is 0 Å². The van der Waals surface area contributed by atoms with Gasteiger partial charge < -0.3 is 21.1 Å². The van der Waals surface area contributed by atoms with Gasteiger partial charge in [-0.2, -0.15) is 0 Å². The molecular formula is C18H34N4O. The van der Waals surface area contributed by atoms with Crippen molar-refractivity contribution >= 4 is 0 Å². The number of piperidine rings is 1. The molecule has 3 rings (SSSR count). The van der Waals surface area contributed by atoms with Crippen molar-refractivity contribution in [3.8, 4) is 0 Å². The molecule has 23 heavy (non-hydrogen) atoms. The van der Waals surface area contributed by atoms with Crippen LogP contribution in [-0.4, -0.2) is 33.8 Å². The number of H-pyrrole nitrogens is 1. The first kappa shape index (κ1) is 18.4. The number of hydrogen-bond acceptors (Lipinski definition) is 4. The van der Waals surface area contributed by atoms with Crippen LogP contribution in [0.3, 0.4) is 0 Å². The Morgan fingerprint density at radius 3 is 2.61 bits per heavy atom. The molecule has 132 valence electrons. The maximum absolute atomic E-state index is 9.60. The van der Waals surface area contributed by atoms with Gasteiger partial charge in [0.05, 0.1) is 12.1 Å². The summed E-state index contributed by atoms with van der Waals surface area (Å²) in [6.07, 6.45) is 10.5. The minimum absolute atomic E-state index is 0.0106. The number of nitrogens with zero attached hydrogens (tertiary/aromatic N) is 1. The second-order valence-corrected chi connectivity index (χ2v) is 6.72. The van der Waals surface area contributed by atoms with E-state index in [1.807, 2.05) is 20.0 Å². The van der Waals surface area contributed by atoms with Gasteiger partial charge in [0.15, 0.2) is 0 Å². The lowest BCUT2D eigenvalue weighted by molar-refractivity contribution is 0.122. The highest BCUT2D eigenvalue weighted by Crippen LogP contribution is 2.32. The molecular weight excluding hydrogens is 288 g/mol. The summed E-state index contributed by atoms with van der Waals surface area (Å²) >= 11 is 0. The zero-order valence-corrected chi connectivity index (χ0v) is 14.7. The fourth-order valence-electron chi connectivity index (χ4n) is 3.68. The number of nitrogens with two attached hydrogens (primary N) is 1. The normalized spacial score (nSPS) is 29.5. The van der Waals surface area contributed by atoms with Crippen molar-refractivity contribution in [2.45, 2.75) is 89.3 Å². The van der Waals surface area contributed by atoms with Crippen LogP contribution in [0.4, 0.5) is 0 Å². The number of aromatic nitrogens is 2. The minimum Gasteiger partial charge on any atom is -0.393 e. The van der Waals surface area contributed by atoms with Crippen LogP contribution < -0.4 is 11.1 Å². The predicted octanol–water partition coefficient (Wildman–Crippen LogP) is 2.99. The lowest BCUT2D eigenvalue weighted by atomic mass is 9.86. The molecule has 0 bridgehead atoms. The molecule has 0 spiro atoms. The van der Waals surface area contributed by atoms with Gasteiger partial charge >= 0.3 is 0 Å². The summed E-state index contributed by atoms with van der Waals surface area (Å²) in [5, 5.41) is 13.1. The van der Waals surface area contributed by atoms with Gasteiger partial charge in [-0.3, -0.25) is 0 Å². The van der Waals surface area contributed by atoms with Gasteiger partial charge in [0.1, 0.15) is 5.82 Å². The molecule has 0 amide bonds. The van der Waals surface area contributed by atoms with Crippen molar-refractivity contribution in [1.82, 2.24) is 15.3 Å². The Morgan fingerprint density at radius 2 is 1.96 bits per heavy atom. The Balaban J connectivity index is 0.000000924. The predicted molar refractivity (Wildman–Crippen MR) is 94.3 cm³/mol. The monoisotopic (exact) mass is 322 g/mol. The van der Waals surface area contributed by atoms with Crippen LogP contribution in [0.2, 0.25) is 0 Å². The summed E-state index contributed by atoms with van der Waals surface area (Å²) in [6, 6.07) is 0.524. The number of nitrogens with one attached hydrogen (secondary N) is 2. The topological polar surface area (TPSA) is 87.0 Å². The molecule has 0 radical (unpaired) electrons. The van der Waals surface area contributed by atoms with Gasteiger partial charge in [0, 0.05) is 23.9 Å². The maximum Gasteiger partial charge on any atom is 0.123 e. The van der Waals surface area contributed by atoms with E-state index in [2.05, 4.69) is 15.3 Å². The summed E-state index contributed by atoms with van der Waals surface area (Å²) < 4.78 is 0. The van der Waals surface area contributed by atoms with E-state index >= 15 is 0 Å². The minimum atomic E-state index is -0.108. The van der Waals surface area contributed by atoms with Gasteiger partial charge in [-0.05, 0) is 51.5 Å². The standard InChI is InChI=1S/C16H28N4O.C2H6/c17-14(9-12-3-1-2-8-18-12)16-19-10-15(20-16)11-4-6-13(21)7-5-11;1-2/h10-14,18,21H,1-9,17H2,(H,19,20);1-2H3/t11?,12?,13?,14-;/m0./s1. The smallest absolute Gasteiger partial charge is 0.123 e. The van der Waals surface area contributed by atoms with E-state index in [1.165, 1.54) is 25.0 Å². The van der Waals surface area contributed by atoms with Crippen LogP contribution in [0, 0.1) is 0 Å². The van der Waals surface area contributed by atoms with E-state index in [0.29, 0.717) is 12.0 Å². The average molecular weight is 322 g/mol. The van der Waals surface area contributed by atoms with Gasteiger partial charge in [-0.1, -0.05) is 20.3 Å². The summed E-state index contributed by atoms with van der Waals surface area (Å²) in [5.41, 5.74) is 7.52. The highest BCUT2D eigenvalue weighted by molar-refractivity contribution is 5.11. The van der Waals surface area contributed by atoms with E-state index in [9.17, 15) is 5.11 Å². The van der Waals surface area contributed by atoms with E-state index in [4.69, 9.17) is 5.73 Å². The second-order valence-electron chi connectivity index (χ2n) is 6.72. The Hall–Kier alpha value is -0.910. The first-order valence-corrected chi connectivity index (χ1v) is 9.44. The summed E-state index contributed by atoms with van der Waals surface area (Å²) in [6.45, 7) is 5.12. The third kappa shape index (κ3) is 5.30. The lowest BCUT2D eigenvalue weighted by Gasteiger charge is -2.25. The third-order valence-electron chi connectivity index (χ3n) is 5.05. The quantitative estimate of drug-likeness (QED) is 0.686. The van der Waals surface area contributed by atoms with Gasteiger partial charge in [-0.25, -0.2) is 4.98 Å². The van der Waals surface area contributed by atoms with Crippen LogP contribution in [0.25, 0.3) is 0 Å². The van der Waals surface area contributed by atoms with Gasteiger partial charge in [-0.15, -0.1) is 0 Å². The average Bonchev–Trinajstić information content (AvgIpc) is 3.08. The molecule has 1 unspecified atom stereocenters. The Kier molecular flexibility index (Phi) is 7.53. The first-order chi connectivity index (χ1) is 11.2. The molecule has 1 saturated heterocycles. The van der Waals surface area contributed by atoms with Crippen molar-refractivity contribution in [3.63, 3.8) is 0 Å². The molecule has 1 aromatic rings. The number of aliphatic hydroxyl groups is 1. The largest absolute Gasteiger partial charge is 0.393 e. The number of imidazole rings is 1. The number of rotatable bonds is 4. The Bertz CT molecular complexity index is 434. The van der Waals surface area contributed by atoms with Crippen molar-refractivity contribution in [2.75, 3.05) is 6.54 Å². The molecule has 1 aromatic heterocycles. The van der Waals surface area contributed by atoms with Crippen molar-refractivity contribution in [3.05, 3.63) is 17.7 Å². The van der Waals surface area contributed by atoms with E-state index < -0.39 is 0 Å². The van der Waals surface area contributed by atoms with Crippen LogP contribution in [-0.2, 0) is 0 Å². The summed E-state index contributed by atoms with van der Waals surface area (Å²) in [7, 11) is 0. The molecule has 1 aliphatic carbocycles. The lowest BCUT2D eigenvalue weighted by Crippen LogP contribution is -2.36. The fourth-order valence-corrected chi connectivity index (χ4v) is 3.68. The first-order valence-electron chi connectivity index (χ1n) is 9.44. The van der Waals surface area contributed by atoms with E-state index in [1.54, 1.807) is 0 Å². The van der Waals surface area contributed by atoms with E-state index in [0.717, 1.165) is 44.5 Å².